The van der Waals surface area contributed by atoms with Crippen LogP contribution in [-0.4, -0.2) is 33.9 Å². The Balaban J connectivity index is 1.46. The molecule has 0 bridgehead atoms. The second kappa shape index (κ2) is 7.72. The number of nitrogens with zero attached hydrogens (tertiary/aromatic N) is 3. The van der Waals surface area contributed by atoms with E-state index < -0.39 is 0 Å². The summed E-state index contributed by atoms with van der Waals surface area (Å²) in [7, 11) is 1.58. The van der Waals surface area contributed by atoms with Gasteiger partial charge in [0, 0.05) is 18.0 Å². The monoisotopic (exact) mass is 378 g/mol. The van der Waals surface area contributed by atoms with Gasteiger partial charge in [0.15, 0.2) is 0 Å². The first-order chi connectivity index (χ1) is 13.7. The van der Waals surface area contributed by atoms with Gasteiger partial charge in [-0.3, -0.25) is 4.79 Å². The van der Waals surface area contributed by atoms with Crippen molar-refractivity contribution in [3.63, 3.8) is 0 Å². The summed E-state index contributed by atoms with van der Waals surface area (Å²) in [6.45, 7) is 0.640. The van der Waals surface area contributed by atoms with Crippen molar-refractivity contribution in [3.05, 3.63) is 76.5 Å². The SMILES string of the molecule is COc1ccc(C(=O)NCCn2nc(C3CC3)n(-c3ccccc3)c2=O)cc1. The number of amides is 1. The van der Waals surface area contributed by atoms with Crippen molar-refractivity contribution < 1.29 is 9.53 Å². The number of hydrogen-bond acceptors (Lipinski definition) is 4. The number of ether oxygens (including phenoxy) is 1. The molecule has 1 aliphatic rings. The minimum atomic E-state index is -0.194. The van der Waals surface area contributed by atoms with Gasteiger partial charge in [0.1, 0.15) is 11.6 Å². The molecule has 144 valence electrons. The van der Waals surface area contributed by atoms with E-state index in [1.165, 1.54) is 4.68 Å². The van der Waals surface area contributed by atoms with E-state index in [0.717, 1.165) is 24.4 Å². The molecule has 1 aromatic heterocycles. The molecule has 2 aromatic carbocycles. The third-order valence-electron chi connectivity index (χ3n) is 4.78. The molecule has 1 heterocycles. The highest BCUT2D eigenvalue weighted by Crippen LogP contribution is 2.39. The smallest absolute Gasteiger partial charge is 0.350 e. The van der Waals surface area contributed by atoms with Crippen molar-refractivity contribution in [2.24, 2.45) is 0 Å². The first-order valence-electron chi connectivity index (χ1n) is 9.35. The van der Waals surface area contributed by atoms with E-state index in [1.54, 1.807) is 35.9 Å². The first-order valence-corrected chi connectivity index (χ1v) is 9.35. The van der Waals surface area contributed by atoms with Gasteiger partial charge >= 0.3 is 5.69 Å². The van der Waals surface area contributed by atoms with Crippen molar-refractivity contribution >= 4 is 5.91 Å². The molecule has 28 heavy (non-hydrogen) atoms. The predicted octanol–water partition coefficient (Wildman–Crippen LogP) is 2.35. The average Bonchev–Trinajstić information content (AvgIpc) is 3.53. The molecular formula is C21H22N4O3. The maximum absolute atomic E-state index is 12.9. The van der Waals surface area contributed by atoms with Gasteiger partial charge < -0.3 is 10.1 Å². The quantitative estimate of drug-likeness (QED) is 0.685. The zero-order valence-electron chi connectivity index (χ0n) is 15.7. The van der Waals surface area contributed by atoms with Gasteiger partial charge in [-0.2, -0.15) is 5.10 Å². The molecule has 1 aliphatic carbocycles. The maximum atomic E-state index is 12.9. The number of benzene rings is 2. The number of rotatable bonds is 7. The van der Waals surface area contributed by atoms with E-state index in [1.807, 2.05) is 30.3 Å². The number of para-hydroxylation sites is 1. The summed E-state index contributed by atoms with van der Waals surface area (Å²) in [4.78, 5) is 25.1. The molecule has 0 atom stereocenters. The van der Waals surface area contributed by atoms with Gasteiger partial charge in [-0.05, 0) is 49.2 Å². The molecule has 3 aromatic rings. The van der Waals surface area contributed by atoms with Crippen LogP contribution in [0, 0.1) is 0 Å². The summed E-state index contributed by atoms with van der Waals surface area (Å²) in [5.74, 6) is 1.64. The lowest BCUT2D eigenvalue weighted by atomic mass is 10.2. The summed E-state index contributed by atoms with van der Waals surface area (Å²) in [6.07, 6.45) is 2.11. The minimum Gasteiger partial charge on any atom is -0.497 e. The van der Waals surface area contributed by atoms with Crippen LogP contribution in [0.15, 0.2) is 59.4 Å². The second-order valence-electron chi connectivity index (χ2n) is 6.79. The lowest BCUT2D eigenvalue weighted by Crippen LogP contribution is -2.32. The molecule has 0 spiro atoms. The van der Waals surface area contributed by atoms with Gasteiger partial charge in [-0.25, -0.2) is 14.0 Å². The van der Waals surface area contributed by atoms with E-state index in [4.69, 9.17) is 4.74 Å². The van der Waals surface area contributed by atoms with Crippen molar-refractivity contribution in [2.75, 3.05) is 13.7 Å². The summed E-state index contributed by atoms with van der Waals surface area (Å²) in [6, 6.07) is 16.4. The van der Waals surface area contributed by atoms with Gasteiger partial charge in [-0.1, -0.05) is 18.2 Å². The largest absolute Gasteiger partial charge is 0.497 e. The molecule has 1 saturated carbocycles. The highest BCUT2D eigenvalue weighted by atomic mass is 16.5. The van der Waals surface area contributed by atoms with Crippen LogP contribution >= 0.6 is 0 Å². The highest BCUT2D eigenvalue weighted by Gasteiger charge is 2.31. The summed E-state index contributed by atoms with van der Waals surface area (Å²) in [5.41, 5.74) is 1.19. The molecule has 7 nitrogen and oxygen atoms in total. The van der Waals surface area contributed by atoms with Crippen molar-refractivity contribution in [3.8, 4) is 11.4 Å². The molecule has 4 rings (SSSR count). The molecule has 1 fully saturated rings. The van der Waals surface area contributed by atoms with E-state index in [-0.39, 0.29) is 11.6 Å². The van der Waals surface area contributed by atoms with E-state index in [9.17, 15) is 9.59 Å². The molecule has 7 heteroatoms. The van der Waals surface area contributed by atoms with Gasteiger partial charge in [-0.15, -0.1) is 0 Å². The Morgan fingerprint density at radius 2 is 1.86 bits per heavy atom. The third-order valence-corrected chi connectivity index (χ3v) is 4.78. The van der Waals surface area contributed by atoms with E-state index >= 15 is 0 Å². The first kappa shape index (κ1) is 18.0. The van der Waals surface area contributed by atoms with Crippen molar-refractivity contribution in [2.45, 2.75) is 25.3 Å². The number of aromatic nitrogens is 3. The molecule has 1 amide bonds. The molecule has 0 unspecified atom stereocenters. The Morgan fingerprint density at radius 3 is 2.50 bits per heavy atom. The van der Waals surface area contributed by atoms with Crippen LogP contribution in [0.5, 0.6) is 5.75 Å². The lowest BCUT2D eigenvalue weighted by molar-refractivity contribution is 0.0951. The zero-order valence-corrected chi connectivity index (χ0v) is 15.7. The van der Waals surface area contributed by atoms with Crippen LogP contribution in [0.4, 0.5) is 0 Å². The Kier molecular flexibility index (Phi) is 4.97. The topological polar surface area (TPSA) is 78.2 Å². The number of nitrogens with one attached hydrogen (secondary N) is 1. The van der Waals surface area contributed by atoms with Gasteiger partial charge in [0.05, 0.1) is 19.3 Å². The fourth-order valence-electron chi connectivity index (χ4n) is 3.12. The normalized spacial score (nSPS) is 13.3. The predicted molar refractivity (Wildman–Crippen MR) is 105 cm³/mol. The molecule has 1 N–H and O–H groups in total. The van der Waals surface area contributed by atoms with E-state index in [0.29, 0.717) is 30.3 Å². The zero-order chi connectivity index (χ0) is 19.5. The molecular weight excluding hydrogens is 356 g/mol. The van der Waals surface area contributed by atoms with Crippen LogP contribution in [0.25, 0.3) is 5.69 Å². The molecule has 0 saturated heterocycles. The highest BCUT2D eigenvalue weighted by molar-refractivity contribution is 5.94. The standard InChI is InChI=1S/C21H22N4O3/c1-28-18-11-9-16(10-12-18)20(26)22-13-14-24-21(27)25(17-5-3-2-4-6-17)19(23-24)15-7-8-15/h2-6,9-12,15H,7-8,13-14H2,1H3,(H,22,26). The Bertz CT molecular complexity index is 1020. The minimum absolute atomic E-state index is 0.174. The third kappa shape index (κ3) is 3.69. The molecule has 0 radical (unpaired) electrons. The number of hydrogen-bond donors (Lipinski definition) is 1. The van der Waals surface area contributed by atoms with Crippen LogP contribution in [-0.2, 0) is 6.54 Å². The average molecular weight is 378 g/mol. The van der Waals surface area contributed by atoms with Gasteiger partial charge in [0.25, 0.3) is 5.91 Å². The fourth-order valence-corrected chi connectivity index (χ4v) is 3.12. The number of methoxy groups -OCH3 is 1. The summed E-state index contributed by atoms with van der Waals surface area (Å²) < 4.78 is 8.22. The van der Waals surface area contributed by atoms with Crippen molar-refractivity contribution in [1.29, 1.82) is 0 Å². The van der Waals surface area contributed by atoms with E-state index in [2.05, 4.69) is 10.4 Å². The van der Waals surface area contributed by atoms with Crippen LogP contribution < -0.4 is 15.7 Å². The summed E-state index contributed by atoms with van der Waals surface area (Å²) in [5, 5.41) is 7.38. The Morgan fingerprint density at radius 1 is 1.14 bits per heavy atom. The number of carbonyl (C=O) groups excluding carboxylic acids is 1. The van der Waals surface area contributed by atoms with Crippen LogP contribution in [0.1, 0.15) is 34.9 Å². The fraction of sp³-hybridized carbons (Fsp3) is 0.286. The van der Waals surface area contributed by atoms with Crippen LogP contribution in [0.2, 0.25) is 0 Å². The number of carbonyl (C=O) groups is 1. The summed E-state index contributed by atoms with van der Waals surface area (Å²) >= 11 is 0. The van der Waals surface area contributed by atoms with Gasteiger partial charge in [0.2, 0.25) is 0 Å². The Labute approximate surface area is 162 Å². The van der Waals surface area contributed by atoms with Crippen LogP contribution in [0.3, 0.4) is 0 Å². The molecule has 0 aliphatic heterocycles. The second-order valence-corrected chi connectivity index (χ2v) is 6.79. The lowest BCUT2D eigenvalue weighted by Gasteiger charge is -2.06. The Hall–Kier alpha value is -3.35. The van der Waals surface area contributed by atoms with Crippen molar-refractivity contribution in [1.82, 2.24) is 19.7 Å². The maximum Gasteiger partial charge on any atom is 0.350 e.